The van der Waals surface area contributed by atoms with Gasteiger partial charge in [-0.15, -0.1) is 0 Å². The molecular formula is C25H32N6O2. The number of H-pyrrole nitrogens is 1. The van der Waals surface area contributed by atoms with E-state index in [2.05, 4.69) is 36.8 Å². The molecule has 1 saturated heterocycles. The lowest BCUT2D eigenvalue weighted by Crippen LogP contribution is -2.63. The number of benzene rings is 1. The van der Waals surface area contributed by atoms with Gasteiger partial charge in [-0.25, -0.2) is 0 Å². The van der Waals surface area contributed by atoms with Crippen molar-refractivity contribution in [3.05, 3.63) is 53.3 Å². The number of fused-ring (bicyclic) bond motifs is 1. The number of aromatic amines is 1. The lowest BCUT2D eigenvalue weighted by molar-refractivity contribution is -0.121. The number of aliphatic hydroxyl groups is 1. The van der Waals surface area contributed by atoms with Crippen molar-refractivity contribution in [2.75, 3.05) is 25.0 Å². The van der Waals surface area contributed by atoms with E-state index in [1.807, 2.05) is 44.3 Å². The highest BCUT2D eigenvalue weighted by atomic mass is 16.3. The van der Waals surface area contributed by atoms with E-state index in [4.69, 9.17) is 0 Å². The van der Waals surface area contributed by atoms with Crippen LogP contribution in [0.3, 0.4) is 0 Å². The number of carbonyl (C=O) groups excluding carboxylic acids is 1. The third kappa shape index (κ3) is 4.58. The highest BCUT2D eigenvalue weighted by Crippen LogP contribution is 2.39. The molecule has 0 spiro atoms. The Morgan fingerprint density at radius 2 is 2.00 bits per heavy atom. The largest absolute Gasteiger partial charge is 0.385 e. The first kappa shape index (κ1) is 21.9. The maximum Gasteiger partial charge on any atom is 0.239 e. The molecule has 0 bridgehead atoms. The molecular weight excluding hydrogens is 416 g/mol. The molecule has 174 valence electrons. The van der Waals surface area contributed by atoms with Gasteiger partial charge in [-0.1, -0.05) is 17.7 Å². The number of hydrogen-bond acceptors (Lipinski definition) is 6. The fraction of sp³-hybridized carbons (Fsp3) is 0.480. The van der Waals surface area contributed by atoms with Crippen molar-refractivity contribution in [2.24, 2.45) is 0 Å². The van der Waals surface area contributed by atoms with Gasteiger partial charge in [0.05, 0.1) is 23.7 Å². The van der Waals surface area contributed by atoms with Gasteiger partial charge in [-0.05, 0) is 57.7 Å². The lowest BCUT2D eigenvalue weighted by atomic mass is 9.77. The number of nitrogens with zero attached hydrogens (tertiary/aromatic N) is 3. The molecule has 2 aromatic heterocycles. The summed E-state index contributed by atoms with van der Waals surface area (Å²) in [5.41, 5.74) is 3.23. The molecule has 4 N–H and O–H groups in total. The van der Waals surface area contributed by atoms with Gasteiger partial charge in [0.15, 0.2) is 5.82 Å². The summed E-state index contributed by atoms with van der Waals surface area (Å²) in [5.74, 6) is 0.686. The normalized spacial score (nSPS) is 23.9. The van der Waals surface area contributed by atoms with Crippen LogP contribution in [0.25, 0.3) is 10.9 Å². The Labute approximate surface area is 193 Å². The zero-order valence-corrected chi connectivity index (χ0v) is 19.3. The molecule has 2 aliphatic rings. The van der Waals surface area contributed by atoms with E-state index in [0.717, 1.165) is 66.5 Å². The number of pyridine rings is 1. The highest BCUT2D eigenvalue weighted by molar-refractivity contribution is 5.92. The second kappa shape index (κ2) is 8.76. The lowest BCUT2D eigenvalue weighted by Gasteiger charge is -2.48. The van der Waals surface area contributed by atoms with E-state index in [1.54, 1.807) is 0 Å². The van der Waals surface area contributed by atoms with Crippen molar-refractivity contribution in [3.8, 4) is 0 Å². The zero-order chi connectivity index (χ0) is 23.0. The second-order valence-corrected chi connectivity index (χ2v) is 9.64. The van der Waals surface area contributed by atoms with Crippen LogP contribution in [-0.2, 0) is 10.4 Å². The Kier molecular flexibility index (Phi) is 5.80. The Morgan fingerprint density at radius 3 is 2.73 bits per heavy atom. The number of rotatable bonds is 6. The standard InChI is InChI=1S/C25H32N6O2/c1-16-3-6-22-21(11-16)24(30-29-22)27-13-23(32)28-19-14-31(15-19)20-7-9-25(33,10-8-20)18-5-4-17(2)26-12-18/h3-6,11-12,19-20,33H,7-10,13-15H2,1-2H3,(H,28,32)(H2,27,29,30)/t20-,25-. The summed E-state index contributed by atoms with van der Waals surface area (Å²) in [5, 5.41) is 25.6. The summed E-state index contributed by atoms with van der Waals surface area (Å²) in [6, 6.07) is 10.7. The molecule has 2 fully saturated rings. The fourth-order valence-corrected chi connectivity index (χ4v) is 5.08. The van der Waals surface area contributed by atoms with Crippen molar-refractivity contribution in [1.29, 1.82) is 0 Å². The van der Waals surface area contributed by atoms with E-state index in [-0.39, 0.29) is 18.5 Å². The Balaban J connectivity index is 1.06. The van der Waals surface area contributed by atoms with E-state index in [1.165, 1.54) is 0 Å². The molecule has 1 amide bonds. The van der Waals surface area contributed by atoms with Crippen LogP contribution >= 0.6 is 0 Å². The molecule has 3 heterocycles. The van der Waals surface area contributed by atoms with Gasteiger partial charge >= 0.3 is 0 Å². The van der Waals surface area contributed by atoms with Crippen LogP contribution in [0.2, 0.25) is 0 Å². The third-order valence-electron chi connectivity index (χ3n) is 7.16. The molecule has 33 heavy (non-hydrogen) atoms. The molecule has 1 saturated carbocycles. The Hall–Kier alpha value is -2.97. The maximum absolute atomic E-state index is 12.4. The summed E-state index contributed by atoms with van der Waals surface area (Å²) >= 11 is 0. The minimum absolute atomic E-state index is 0.0201. The van der Waals surface area contributed by atoms with Crippen LogP contribution in [0, 0.1) is 13.8 Å². The number of carbonyl (C=O) groups is 1. The minimum Gasteiger partial charge on any atom is -0.385 e. The van der Waals surface area contributed by atoms with Crippen LogP contribution in [0.1, 0.15) is 42.5 Å². The number of aromatic nitrogens is 3. The minimum atomic E-state index is -0.768. The summed E-state index contributed by atoms with van der Waals surface area (Å²) in [4.78, 5) is 19.2. The van der Waals surface area contributed by atoms with Crippen LogP contribution in [0.5, 0.6) is 0 Å². The summed E-state index contributed by atoms with van der Waals surface area (Å²) in [6.45, 7) is 5.93. The third-order valence-corrected chi connectivity index (χ3v) is 7.16. The van der Waals surface area contributed by atoms with Gasteiger partial charge < -0.3 is 15.7 Å². The first-order valence-electron chi connectivity index (χ1n) is 11.8. The van der Waals surface area contributed by atoms with Gasteiger partial charge in [-0.3, -0.25) is 19.8 Å². The van der Waals surface area contributed by atoms with Crippen molar-refractivity contribution in [1.82, 2.24) is 25.4 Å². The SMILES string of the molecule is Cc1ccc2[nH]nc(NCC(=O)NC3CN([C@H]4CC[C@@](O)(c5ccc(C)nc5)CC4)C3)c2c1. The zero-order valence-electron chi connectivity index (χ0n) is 19.3. The second-order valence-electron chi connectivity index (χ2n) is 9.64. The van der Waals surface area contributed by atoms with Crippen LogP contribution in [0.15, 0.2) is 36.5 Å². The predicted octanol–water partition coefficient (Wildman–Crippen LogP) is 2.62. The molecule has 8 nitrogen and oxygen atoms in total. The van der Waals surface area contributed by atoms with E-state index < -0.39 is 5.60 Å². The number of likely N-dealkylation sites (tertiary alicyclic amines) is 1. The summed E-state index contributed by atoms with van der Waals surface area (Å²) in [7, 11) is 0. The highest BCUT2D eigenvalue weighted by Gasteiger charge is 2.40. The topological polar surface area (TPSA) is 106 Å². The summed E-state index contributed by atoms with van der Waals surface area (Å²) < 4.78 is 0. The predicted molar refractivity (Wildman–Crippen MR) is 128 cm³/mol. The first-order chi connectivity index (χ1) is 15.9. The van der Waals surface area contributed by atoms with E-state index in [0.29, 0.717) is 11.9 Å². The number of anilines is 1. The fourth-order valence-electron chi connectivity index (χ4n) is 5.08. The van der Waals surface area contributed by atoms with Crippen LogP contribution < -0.4 is 10.6 Å². The number of aryl methyl sites for hydroxylation is 2. The molecule has 0 radical (unpaired) electrons. The van der Waals surface area contributed by atoms with Gasteiger partial charge in [0.25, 0.3) is 0 Å². The van der Waals surface area contributed by atoms with Crippen molar-refractivity contribution < 1.29 is 9.90 Å². The van der Waals surface area contributed by atoms with Crippen molar-refractivity contribution >= 4 is 22.6 Å². The molecule has 3 aromatic rings. The number of hydrogen-bond donors (Lipinski definition) is 4. The van der Waals surface area contributed by atoms with Crippen molar-refractivity contribution in [3.63, 3.8) is 0 Å². The number of amides is 1. The van der Waals surface area contributed by atoms with Gasteiger partial charge in [-0.2, -0.15) is 5.10 Å². The summed E-state index contributed by atoms with van der Waals surface area (Å²) in [6.07, 6.45) is 5.22. The quantitative estimate of drug-likeness (QED) is 0.462. The average Bonchev–Trinajstić information content (AvgIpc) is 3.18. The van der Waals surface area contributed by atoms with Gasteiger partial charge in [0.2, 0.25) is 5.91 Å². The Bertz CT molecular complexity index is 1130. The molecule has 8 heteroatoms. The monoisotopic (exact) mass is 448 g/mol. The molecule has 0 atom stereocenters. The van der Waals surface area contributed by atoms with Gasteiger partial charge in [0, 0.05) is 42.0 Å². The van der Waals surface area contributed by atoms with Crippen molar-refractivity contribution in [2.45, 2.75) is 57.2 Å². The molecule has 5 rings (SSSR count). The van der Waals surface area contributed by atoms with Crippen LogP contribution in [0.4, 0.5) is 5.82 Å². The average molecular weight is 449 g/mol. The van der Waals surface area contributed by atoms with E-state index >= 15 is 0 Å². The smallest absolute Gasteiger partial charge is 0.239 e. The maximum atomic E-state index is 12.4. The first-order valence-corrected chi connectivity index (χ1v) is 11.8. The van der Waals surface area contributed by atoms with E-state index in [9.17, 15) is 9.90 Å². The van der Waals surface area contributed by atoms with Gasteiger partial charge in [0.1, 0.15) is 0 Å². The molecule has 1 aliphatic heterocycles. The molecule has 1 aliphatic carbocycles. The molecule has 0 unspecified atom stereocenters. The van der Waals surface area contributed by atoms with Crippen LogP contribution in [-0.4, -0.2) is 62.8 Å². The molecule has 1 aromatic carbocycles. The Morgan fingerprint density at radius 1 is 1.21 bits per heavy atom. The number of nitrogens with one attached hydrogen (secondary N) is 3.